The minimum absolute atomic E-state index is 0.0393. The van der Waals surface area contributed by atoms with Crippen LogP contribution in [0.4, 0.5) is 11.4 Å². The Kier molecular flexibility index (Phi) is 7.04. The maximum atomic E-state index is 13.3. The molecule has 0 atom stereocenters. The van der Waals surface area contributed by atoms with Crippen LogP contribution >= 0.6 is 11.6 Å². The summed E-state index contributed by atoms with van der Waals surface area (Å²) >= 11 is 6.10. The van der Waals surface area contributed by atoms with Crippen molar-refractivity contribution < 1.29 is 22.7 Å². The zero-order chi connectivity index (χ0) is 22.4. The van der Waals surface area contributed by atoms with Gasteiger partial charge in [-0.15, -0.1) is 0 Å². The highest BCUT2D eigenvalue weighted by molar-refractivity contribution is 7.92. The molecule has 0 spiro atoms. The Morgan fingerprint density at radius 2 is 1.65 bits per heavy atom. The van der Waals surface area contributed by atoms with Crippen LogP contribution in [0.5, 0.6) is 11.5 Å². The second-order valence-electron chi connectivity index (χ2n) is 6.42. The van der Waals surface area contributed by atoms with Crippen LogP contribution in [0.3, 0.4) is 0 Å². The number of nitrogens with zero attached hydrogens (tertiary/aromatic N) is 1. The number of halogens is 1. The van der Waals surface area contributed by atoms with Crippen molar-refractivity contribution in [1.29, 1.82) is 0 Å². The third-order valence-corrected chi connectivity index (χ3v) is 6.50. The van der Waals surface area contributed by atoms with Crippen LogP contribution in [-0.4, -0.2) is 35.1 Å². The van der Waals surface area contributed by atoms with Crippen LogP contribution in [-0.2, 0) is 14.8 Å². The number of sulfonamides is 1. The molecule has 1 N–H and O–H groups in total. The van der Waals surface area contributed by atoms with Gasteiger partial charge in [0.05, 0.1) is 29.8 Å². The zero-order valence-corrected chi connectivity index (χ0v) is 18.5. The molecule has 0 fully saturated rings. The summed E-state index contributed by atoms with van der Waals surface area (Å²) in [5.41, 5.74) is 0.784. The number of carbonyl (C=O) groups excluding carboxylic acids is 1. The van der Waals surface area contributed by atoms with Gasteiger partial charge >= 0.3 is 0 Å². The van der Waals surface area contributed by atoms with Gasteiger partial charge < -0.3 is 14.8 Å². The number of para-hydroxylation sites is 1. The predicted molar refractivity (Wildman–Crippen MR) is 121 cm³/mol. The number of benzene rings is 3. The van der Waals surface area contributed by atoms with E-state index >= 15 is 0 Å². The molecule has 0 aliphatic carbocycles. The van der Waals surface area contributed by atoms with Gasteiger partial charge in [-0.3, -0.25) is 9.10 Å². The SMILES string of the molecule is COc1ccc(S(=O)(=O)N(CC(=O)Nc2ccc(OC)c(Cl)c2)c2ccccc2)cc1. The lowest BCUT2D eigenvalue weighted by atomic mass is 10.3. The average molecular weight is 461 g/mol. The summed E-state index contributed by atoms with van der Waals surface area (Å²) in [6.07, 6.45) is 0. The molecule has 1 amide bonds. The van der Waals surface area contributed by atoms with Gasteiger partial charge in [0.1, 0.15) is 18.0 Å². The van der Waals surface area contributed by atoms with Crippen molar-refractivity contribution in [2.75, 3.05) is 30.4 Å². The van der Waals surface area contributed by atoms with Crippen molar-refractivity contribution >= 4 is 38.9 Å². The minimum atomic E-state index is -4.01. The van der Waals surface area contributed by atoms with E-state index in [1.54, 1.807) is 54.6 Å². The topological polar surface area (TPSA) is 84.9 Å². The lowest BCUT2D eigenvalue weighted by Gasteiger charge is -2.24. The molecule has 3 rings (SSSR count). The highest BCUT2D eigenvalue weighted by Gasteiger charge is 2.27. The first kappa shape index (κ1) is 22.5. The number of hydrogen-bond acceptors (Lipinski definition) is 5. The van der Waals surface area contributed by atoms with E-state index in [1.807, 2.05) is 0 Å². The van der Waals surface area contributed by atoms with Crippen molar-refractivity contribution in [1.82, 2.24) is 0 Å². The third kappa shape index (κ3) is 5.28. The molecular weight excluding hydrogens is 440 g/mol. The second kappa shape index (κ2) is 9.72. The van der Waals surface area contributed by atoms with Crippen LogP contribution < -0.4 is 19.1 Å². The molecule has 162 valence electrons. The first-order chi connectivity index (χ1) is 14.8. The molecule has 0 aliphatic rings. The van der Waals surface area contributed by atoms with Gasteiger partial charge in [-0.2, -0.15) is 0 Å². The smallest absolute Gasteiger partial charge is 0.264 e. The average Bonchev–Trinajstić information content (AvgIpc) is 2.78. The standard InChI is InChI=1S/C22H21ClN2O5S/c1-29-18-9-11-19(12-10-18)31(27,28)25(17-6-4-3-5-7-17)15-22(26)24-16-8-13-21(30-2)20(23)14-16/h3-14H,15H2,1-2H3,(H,24,26). The van der Waals surface area contributed by atoms with Gasteiger partial charge in [0.2, 0.25) is 5.91 Å². The van der Waals surface area contributed by atoms with E-state index in [4.69, 9.17) is 21.1 Å². The van der Waals surface area contributed by atoms with Crippen molar-refractivity contribution in [3.63, 3.8) is 0 Å². The molecule has 0 aromatic heterocycles. The van der Waals surface area contributed by atoms with E-state index in [0.29, 0.717) is 27.9 Å². The maximum Gasteiger partial charge on any atom is 0.264 e. The van der Waals surface area contributed by atoms with Crippen molar-refractivity contribution in [3.8, 4) is 11.5 Å². The maximum absolute atomic E-state index is 13.3. The second-order valence-corrected chi connectivity index (χ2v) is 8.69. The Labute approximate surface area is 186 Å². The van der Waals surface area contributed by atoms with Crippen LogP contribution in [0.15, 0.2) is 77.7 Å². The number of anilines is 2. The first-order valence-corrected chi connectivity index (χ1v) is 11.0. The predicted octanol–water partition coefficient (Wildman–Crippen LogP) is 4.19. The number of methoxy groups -OCH3 is 2. The normalized spacial score (nSPS) is 10.9. The quantitative estimate of drug-likeness (QED) is 0.544. The van der Waals surface area contributed by atoms with Crippen LogP contribution in [0, 0.1) is 0 Å². The molecule has 0 bridgehead atoms. The Morgan fingerprint density at radius 1 is 0.968 bits per heavy atom. The summed E-state index contributed by atoms with van der Waals surface area (Å²) in [5, 5.41) is 3.00. The Morgan fingerprint density at radius 3 is 2.23 bits per heavy atom. The molecule has 0 aliphatic heterocycles. The Balaban J connectivity index is 1.89. The summed E-state index contributed by atoms with van der Waals surface area (Å²) in [5.74, 6) is 0.467. The third-order valence-electron chi connectivity index (χ3n) is 4.41. The molecular formula is C22H21ClN2O5S. The number of rotatable bonds is 8. The van der Waals surface area contributed by atoms with Gasteiger partial charge in [0.15, 0.2) is 0 Å². The van der Waals surface area contributed by atoms with Crippen LogP contribution in [0.25, 0.3) is 0 Å². The van der Waals surface area contributed by atoms with Crippen LogP contribution in [0.1, 0.15) is 0 Å². The molecule has 0 unspecified atom stereocenters. The van der Waals surface area contributed by atoms with Gasteiger partial charge in [-0.1, -0.05) is 29.8 Å². The zero-order valence-electron chi connectivity index (χ0n) is 16.9. The summed E-state index contributed by atoms with van der Waals surface area (Å²) in [7, 11) is -1.03. The van der Waals surface area contributed by atoms with Gasteiger partial charge in [-0.05, 0) is 54.6 Å². The molecule has 0 heterocycles. The largest absolute Gasteiger partial charge is 0.497 e. The highest BCUT2D eigenvalue weighted by atomic mass is 35.5. The fourth-order valence-electron chi connectivity index (χ4n) is 2.86. The number of ether oxygens (including phenoxy) is 2. The van der Waals surface area contributed by atoms with Crippen molar-refractivity contribution in [3.05, 3.63) is 77.8 Å². The van der Waals surface area contributed by atoms with Gasteiger partial charge in [-0.25, -0.2) is 8.42 Å². The monoisotopic (exact) mass is 460 g/mol. The van der Waals surface area contributed by atoms with Crippen LogP contribution in [0.2, 0.25) is 5.02 Å². The Bertz CT molecular complexity index is 1150. The molecule has 0 saturated heterocycles. The molecule has 0 radical (unpaired) electrons. The van der Waals surface area contributed by atoms with Crippen molar-refractivity contribution in [2.24, 2.45) is 0 Å². The molecule has 3 aromatic carbocycles. The fourth-order valence-corrected chi connectivity index (χ4v) is 4.54. The number of nitrogens with one attached hydrogen (secondary N) is 1. The summed E-state index contributed by atoms with van der Waals surface area (Å²) < 4.78 is 37.9. The van der Waals surface area contributed by atoms with E-state index in [1.165, 1.54) is 32.4 Å². The molecule has 9 heteroatoms. The van der Waals surface area contributed by atoms with E-state index < -0.39 is 22.5 Å². The first-order valence-electron chi connectivity index (χ1n) is 9.20. The van der Waals surface area contributed by atoms with E-state index in [2.05, 4.69) is 5.32 Å². The number of hydrogen-bond donors (Lipinski definition) is 1. The summed E-state index contributed by atoms with van der Waals surface area (Å²) in [4.78, 5) is 12.8. The molecule has 3 aromatic rings. The lowest BCUT2D eigenvalue weighted by Crippen LogP contribution is -2.38. The van der Waals surface area contributed by atoms with Gasteiger partial charge in [0, 0.05) is 5.69 Å². The summed E-state index contributed by atoms with van der Waals surface area (Å²) in [6.45, 7) is -0.429. The van der Waals surface area contributed by atoms with Crippen molar-refractivity contribution in [2.45, 2.75) is 4.90 Å². The lowest BCUT2D eigenvalue weighted by molar-refractivity contribution is -0.114. The highest BCUT2D eigenvalue weighted by Crippen LogP contribution is 2.28. The van der Waals surface area contributed by atoms with Gasteiger partial charge in [0.25, 0.3) is 10.0 Å². The molecule has 31 heavy (non-hydrogen) atoms. The fraction of sp³-hybridized carbons (Fsp3) is 0.136. The Hall–Kier alpha value is -3.23. The van der Waals surface area contributed by atoms with E-state index in [9.17, 15) is 13.2 Å². The molecule has 7 nitrogen and oxygen atoms in total. The van der Waals surface area contributed by atoms with E-state index in [-0.39, 0.29) is 4.90 Å². The molecule has 0 saturated carbocycles. The minimum Gasteiger partial charge on any atom is -0.497 e. The number of amides is 1. The number of carbonyl (C=O) groups is 1. The van der Waals surface area contributed by atoms with E-state index in [0.717, 1.165) is 4.31 Å². The summed E-state index contributed by atoms with van der Waals surface area (Å²) in [6, 6.07) is 19.2.